The topological polar surface area (TPSA) is 77.3 Å². The monoisotopic (exact) mass is 252 g/mol. The van der Waals surface area contributed by atoms with Gasteiger partial charge in [0, 0.05) is 26.1 Å². The molecule has 7 heteroatoms. The standard InChI is InChI=1S/C11H16N4O3/c16-9-10-8-15(13-12-10)3-1-2-11(17)14-4-6-18-7-5-14/h8-9H,1-7H2. The number of carbonyl (C=O) groups is 2. The minimum atomic E-state index is 0.147. The van der Waals surface area contributed by atoms with Crippen molar-refractivity contribution in [2.24, 2.45) is 0 Å². The van der Waals surface area contributed by atoms with Crippen LogP contribution in [-0.2, 0) is 16.1 Å². The van der Waals surface area contributed by atoms with Gasteiger partial charge in [0.25, 0.3) is 0 Å². The summed E-state index contributed by atoms with van der Waals surface area (Å²) in [5.74, 6) is 0.147. The fraction of sp³-hybridized carbons (Fsp3) is 0.636. The van der Waals surface area contributed by atoms with Crippen molar-refractivity contribution in [3.63, 3.8) is 0 Å². The van der Waals surface area contributed by atoms with Crippen LogP contribution < -0.4 is 0 Å². The van der Waals surface area contributed by atoms with Crippen molar-refractivity contribution in [1.82, 2.24) is 19.9 Å². The SMILES string of the molecule is O=Cc1cn(CCCC(=O)N2CCOCC2)nn1. The number of aryl methyl sites for hydroxylation is 1. The summed E-state index contributed by atoms with van der Waals surface area (Å²) < 4.78 is 6.77. The lowest BCUT2D eigenvalue weighted by molar-refractivity contribution is -0.135. The number of morpholine rings is 1. The molecule has 0 aliphatic carbocycles. The number of aromatic nitrogens is 3. The molecule has 0 radical (unpaired) electrons. The van der Waals surface area contributed by atoms with Gasteiger partial charge in [-0.1, -0.05) is 5.21 Å². The van der Waals surface area contributed by atoms with E-state index in [2.05, 4.69) is 10.3 Å². The Morgan fingerprint density at radius 2 is 2.22 bits per heavy atom. The van der Waals surface area contributed by atoms with Crippen molar-refractivity contribution < 1.29 is 14.3 Å². The molecule has 0 atom stereocenters. The number of aldehydes is 1. The average Bonchev–Trinajstić information content (AvgIpc) is 2.87. The summed E-state index contributed by atoms with van der Waals surface area (Å²) in [6.45, 7) is 3.20. The van der Waals surface area contributed by atoms with Crippen LogP contribution in [0.1, 0.15) is 23.3 Å². The maximum absolute atomic E-state index is 11.8. The molecule has 2 rings (SSSR count). The molecule has 7 nitrogen and oxygen atoms in total. The van der Waals surface area contributed by atoms with E-state index in [1.54, 1.807) is 10.9 Å². The molecule has 0 saturated carbocycles. The molecule has 1 aromatic rings. The number of hydrogen-bond donors (Lipinski definition) is 0. The third-order valence-corrected chi connectivity index (χ3v) is 2.82. The van der Waals surface area contributed by atoms with Crippen LogP contribution in [0.25, 0.3) is 0 Å². The highest BCUT2D eigenvalue weighted by Crippen LogP contribution is 2.03. The quantitative estimate of drug-likeness (QED) is 0.674. The van der Waals surface area contributed by atoms with Gasteiger partial charge in [0.05, 0.1) is 19.4 Å². The van der Waals surface area contributed by atoms with Crippen LogP contribution in [-0.4, -0.2) is 58.4 Å². The Balaban J connectivity index is 1.71. The van der Waals surface area contributed by atoms with Crippen LogP contribution in [0.15, 0.2) is 6.20 Å². The Morgan fingerprint density at radius 3 is 2.89 bits per heavy atom. The molecule has 0 aromatic carbocycles. The molecule has 1 aliphatic rings. The summed E-state index contributed by atoms with van der Waals surface area (Å²) in [5.41, 5.74) is 0.314. The minimum Gasteiger partial charge on any atom is -0.378 e. The second kappa shape index (κ2) is 6.25. The largest absolute Gasteiger partial charge is 0.378 e. The van der Waals surface area contributed by atoms with Crippen LogP contribution in [0.3, 0.4) is 0 Å². The molecule has 0 N–H and O–H groups in total. The highest BCUT2D eigenvalue weighted by atomic mass is 16.5. The van der Waals surface area contributed by atoms with Crippen molar-refractivity contribution in [2.45, 2.75) is 19.4 Å². The first-order chi connectivity index (χ1) is 8.79. The number of ether oxygens (including phenoxy) is 1. The second-order valence-corrected chi connectivity index (χ2v) is 4.12. The fourth-order valence-corrected chi connectivity index (χ4v) is 1.84. The first kappa shape index (κ1) is 12.7. The Labute approximate surface area is 105 Å². The Morgan fingerprint density at radius 1 is 1.44 bits per heavy atom. The summed E-state index contributed by atoms with van der Waals surface area (Å²) in [7, 11) is 0. The smallest absolute Gasteiger partial charge is 0.222 e. The third kappa shape index (κ3) is 3.36. The van der Waals surface area contributed by atoms with Crippen LogP contribution >= 0.6 is 0 Å². The zero-order chi connectivity index (χ0) is 12.8. The zero-order valence-corrected chi connectivity index (χ0v) is 10.1. The van der Waals surface area contributed by atoms with Gasteiger partial charge < -0.3 is 9.64 Å². The fourth-order valence-electron chi connectivity index (χ4n) is 1.84. The molecule has 1 fully saturated rings. The highest BCUT2D eigenvalue weighted by Gasteiger charge is 2.16. The van der Waals surface area contributed by atoms with Crippen molar-refractivity contribution in [1.29, 1.82) is 0 Å². The van der Waals surface area contributed by atoms with Gasteiger partial charge in [-0.3, -0.25) is 14.3 Å². The van der Waals surface area contributed by atoms with E-state index in [4.69, 9.17) is 4.74 Å². The Kier molecular flexibility index (Phi) is 4.40. The van der Waals surface area contributed by atoms with Gasteiger partial charge in [-0.25, -0.2) is 0 Å². The van der Waals surface area contributed by atoms with Crippen molar-refractivity contribution in [3.05, 3.63) is 11.9 Å². The lowest BCUT2D eigenvalue weighted by atomic mass is 10.2. The molecular formula is C11H16N4O3. The van der Waals surface area contributed by atoms with Crippen LogP contribution in [0, 0.1) is 0 Å². The molecule has 0 bridgehead atoms. The normalized spacial score (nSPS) is 15.7. The maximum atomic E-state index is 11.8. The molecule has 1 amide bonds. The van der Waals surface area contributed by atoms with Crippen LogP contribution in [0.5, 0.6) is 0 Å². The van der Waals surface area contributed by atoms with Crippen molar-refractivity contribution in [3.8, 4) is 0 Å². The lowest BCUT2D eigenvalue weighted by Crippen LogP contribution is -2.40. The number of carbonyl (C=O) groups excluding carboxylic acids is 2. The molecular weight excluding hydrogens is 236 g/mol. The van der Waals surface area contributed by atoms with Gasteiger partial charge >= 0.3 is 0 Å². The molecule has 1 aromatic heterocycles. The van der Waals surface area contributed by atoms with E-state index in [0.717, 1.165) is 0 Å². The average molecular weight is 252 g/mol. The van der Waals surface area contributed by atoms with Gasteiger partial charge in [0.1, 0.15) is 5.69 Å². The van der Waals surface area contributed by atoms with Gasteiger partial charge in [-0.05, 0) is 6.42 Å². The predicted octanol–water partition coefficient (Wildman–Crippen LogP) is -0.270. The summed E-state index contributed by atoms with van der Waals surface area (Å²) in [6, 6.07) is 0. The van der Waals surface area contributed by atoms with Gasteiger partial charge in [0.2, 0.25) is 5.91 Å². The molecule has 1 saturated heterocycles. The maximum Gasteiger partial charge on any atom is 0.222 e. The first-order valence-electron chi connectivity index (χ1n) is 6.00. The van der Waals surface area contributed by atoms with Crippen LogP contribution in [0.2, 0.25) is 0 Å². The molecule has 0 unspecified atom stereocenters. The zero-order valence-electron chi connectivity index (χ0n) is 10.1. The third-order valence-electron chi connectivity index (χ3n) is 2.82. The van der Waals surface area contributed by atoms with E-state index in [9.17, 15) is 9.59 Å². The summed E-state index contributed by atoms with van der Waals surface area (Å²) in [5, 5.41) is 7.44. The van der Waals surface area contributed by atoms with Gasteiger partial charge in [0.15, 0.2) is 6.29 Å². The molecule has 1 aliphatic heterocycles. The van der Waals surface area contributed by atoms with E-state index < -0.39 is 0 Å². The highest BCUT2D eigenvalue weighted by molar-refractivity contribution is 5.76. The Hall–Kier alpha value is -1.76. The summed E-state index contributed by atoms with van der Waals surface area (Å²) in [4.78, 5) is 24.1. The lowest BCUT2D eigenvalue weighted by Gasteiger charge is -2.26. The minimum absolute atomic E-state index is 0.147. The molecule has 0 spiro atoms. The van der Waals surface area contributed by atoms with Crippen molar-refractivity contribution >= 4 is 12.2 Å². The van der Waals surface area contributed by atoms with E-state index >= 15 is 0 Å². The summed E-state index contributed by atoms with van der Waals surface area (Å²) >= 11 is 0. The number of nitrogens with zero attached hydrogens (tertiary/aromatic N) is 4. The molecule has 2 heterocycles. The number of hydrogen-bond acceptors (Lipinski definition) is 5. The van der Waals surface area contributed by atoms with E-state index in [1.807, 2.05) is 4.90 Å². The second-order valence-electron chi connectivity index (χ2n) is 4.12. The van der Waals surface area contributed by atoms with Crippen LogP contribution in [0.4, 0.5) is 0 Å². The van der Waals surface area contributed by atoms with E-state index in [-0.39, 0.29) is 5.91 Å². The molecule has 98 valence electrons. The van der Waals surface area contributed by atoms with Crippen molar-refractivity contribution in [2.75, 3.05) is 26.3 Å². The number of rotatable bonds is 5. The van der Waals surface area contributed by atoms with E-state index in [0.29, 0.717) is 57.7 Å². The van der Waals surface area contributed by atoms with Gasteiger partial charge in [-0.15, -0.1) is 5.10 Å². The van der Waals surface area contributed by atoms with Gasteiger partial charge in [-0.2, -0.15) is 0 Å². The Bertz CT molecular complexity index is 412. The molecule has 18 heavy (non-hydrogen) atoms. The number of amides is 1. The predicted molar refractivity (Wildman–Crippen MR) is 62.0 cm³/mol. The first-order valence-corrected chi connectivity index (χ1v) is 6.00. The van der Waals surface area contributed by atoms with E-state index in [1.165, 1.54) is 0 Å². The summed E-state index contributed by atoms with van der Waals surface area (Å²) in [6.07, 6.45) is 3.41.